The Labute approximate surface area is 94.7 Å². The van der Waals surface area contributed by atoms with Crippen LogP contribution in [0.1, 0.15) is 26.2 Å². The maximum atomic E-state index is 11.5. The number of amides is 1. The second-order valence-corrected chi connectivity index (χ2v) is 3.69. The lowest BCUT2D eigenvalue weighted by Gasteiger charge is -2.15. The minimum atomic E-state index is -0.783. The Balaban J connectivity index is 4.08. The van der Waals surface area contributed by atoms with E-state index in [0.29, 0.717) is 25.7 Å². The van der Waals surface area contributed by atoms with Gasteiger partial charge in [-0.15, -0.1) is 0 Å². The number of nitrogens with one attached hydrogen (secondary N) is 1. The lowest BCUT2D eigenvalue weighted by atomic mass is 10.1. The van der Waals surface area contributed by atoms with Crippen LogP contribution < -0.4 is 16.8 Å². The summed E-state index contributed by atoms with van der Waals surface area (Å²) < 4.78 is 0. The number of aldehydes is 1. The highest BCUT2D eigenvalue weighted by Gasteiger charge is 2.18. The van der Waals surface area contributed by atoms with Crippen molar-refractivity contribution in [2.24, 2.45) is 11.5 Å². The fourth-order valence-electron chi connectivity index (χ4n) is 1.20. The fourth-order valence-corrected chi connectivity index (χ4v) is 1.20. The van der Waals surface area contributed by atoms with Gasteiger partial charge >= 0.3 is 0 Å². The number of Topliss-reactive ketones (excluding diaryl/α,β-unsaturated/α-hetero) is 1. The van der Waals surface area contributed by atoms with Crippen LogP contribution in [0.25, 0.3) is 0 Å². The normalized spacial score (nSPS) is 13.9. The minimum absolute atomic E-state index is 0.00114. The lowest BCUT2D eigenvalue weighted by Crippen LogP contribution is -2.46. The van der Waals surface area contributed by atoms with E-state index < -0.39 is 18.0 Å². The van der Waals surface area contributed by atoms with E-state index >= 15 is 0 Å². The van der Waals surface area contributed by atoms with Gasteiger partial charge in [-0.25, -0.2) is 0 Å². The molecule has 0 radical (unpaired) electrons. The Hall–Kier alpha value is -1.27. The van der Waals surface area contributed by atoms with Gasteiger partial charge in [0.15, 0.2) is 0 Å². The first kappa shape index (κ1) is 14.7. The third-order valence-corrected chi connectivity index (χ3v) is 2.06. The van der Waals surface area contributed by atoms with Crippen LogP contribution in [0.15, 0.2) is 0 Å². The molecule has 6 nitrogen and oxygen atoms in total. The molecule has 0 heterocycles. The molecule has 0 aliphatic carbocycles. The summed E-state index contributed by atoms with van der Waals surface area (Å²) in [5.41, 5.74) is 10.9. The Morgan fingerprint density at radius 2 is 2.06 bits per heavy atom. The molecule has 0 aliphatic heterocycles. The summed E-state index contributed by atoms with van der Waals surface area (Å²) in [6.45, 7) is 1.82. The number of hydrogen-bond donors (Lipinski definition) is 3. The Kier molecular flexibility index (Phi) is 7.32. The monoisotopic (exact) mass is 229 g/mol. The van der Waals surface area contributed by atoms with E-state index in [1.54, 1.807) is 0 Å². The topological polar surface area (TPSA) is 115 Å². The Bertz CT molecular complexity index is 256. The first-order valence-electron chi connectivity index (χ1n) is 5.22. The van der Waals surface area contributed by atoms with Crippen molar-refractivity contribution >= 4 is 18.0 Å². The highest BCUT2D eigenvalue weighted by atomic mass is 16.2. The van der Waals surface area contributed by atoms with E-state index in [9.17, 15) is 14.4 Å². The summed E-state index contributed by atoms with van der Waals surface area (Å²) in [6.07, 6.45) is 1.65. The average Bonchev–Trinajstić information content (AvgIpc) is 2.23. The van der Waals surface area contributed by atoms with Gasteiger partial charge in [-0.1, -0.05) is 0 Å². The van der Waals surface area contributed by atoms with Gasteiger partial charge in [0.05, 0.1) is 12.1 Å². The number of rotatable bonds is 8. The smallest absolute Gasteiger partial charge is 0.237 e. The average molecular weight is 229 g/mol. The van der Waals surface area contributed by atoms with E-state index in [-0.39, 0.29) is 12.2 Å². The van der Waals surface area contributed by atoms with Crippen molar-refractivity contribution in [1.82, 2.24) is 5.32 Å². The summed E-state index contributed by atoms with van der Waals surface area (Å²) >= 11 is 0. The van der Waals surface area contributed by atoms with Crippen LogP contribution in [0.2, 0.25) is 0 Å². The first-order chi connectivity index (χ1) is 7.51. The van der Waals surface area contributed by atoms with E-state index in [4.69, 9.17) is 11.5 Å². The third kappa shape index (κ3) is 6.26. The fraction of sp³-hybridized carbons (Fsp3) is 0.700. The Morgan fingerprint density at radius 1 is 1.44 bits per heavy atom. The number of ketones is 1. The molecule has 0 aromatic carbocycles. The molecule has 0 aliphatic rings. The molecule has 16 heavy (non-hydrogen) atoms. The highest BCUT2D eigenvalue weighted by Crippen LogP contribution is 1.96. The van der Waals surface area contributed by atoms with Crippen molar-refractivity contribution in [3.8, 4) is 0 Å². The van der Waals surface area contributed by atoms with Gasteiger partial charge in [-0.05, 0) is 26.3 Å². The van der Waals surface area contributed by atoms with Gasteiger partial charge in [0.1, 0.15) is 12.1 Å². The molecule has 0 saturated carbocycles. The van der Waals surface area contributed by atoms with Crippen molar-refractivity contribution in [2.75, 3.05) is 6.54 Å². The first-order valence-corrected chi connectivity index (χ1v) is 5.22. The molecule has 0 aromatic rings. The SMILES string of the molecule is CC(=O)C[C@@H](C=O)NC(=O)[C@@H](N)CCCN. The van der Waals surface area contributed by atoms with E-state index in [1.165, 1.54) is 6.92 Å². The van der Waals surface area contributed by atoms with Crippen molar-refractivity contribution in [2.45, 2.75) is 38.3 Å². The van der Waals surface area contributed by atoms with Gasteiger partial charge in [-0.2, -0.15) is 0 Å². The van der Waals surface area contributed by atoms with E-state index in [2.05, 4.69) is 5.32 Å². The highest BCUT2D eigenvalue weighted by molar-refractivity contribution is 5.87. The molecule has 6 heteroatoms. The van der Waals surface area contributed by atoms with Crippen molar-refractivity contribution in [3.05, 3.63) is 0 Å². The molecular formula is C10H19N3O3. The molecule has 0 spiro atoms. The quantitative estimate of drug-likeness (QED) is 0.448. The van der Waals surface area contributed by atoms with Gasteiger partial charge in [-0.3, -0.25) is 9.59 Å². The number of nitrogens with two attached hydrogens (primary N) is 2. The van der Waals surface area contributed by atoms with Crippen LogP contribution in [0.3, 0.4) is 0 Å². The minimum Gasteiger partial charge on any atom is -0.345 e. The predicted molar refractivity (Wildman–Crippen MR) is 59.6 cm³/mol. The number of carbonyl (C=O) groups is 3. The molecule has 0 bridgehead atoms. The van der Waals surface area contributed by atoms with Crippen LogP contribution in [0, 0.1) is 0 Å². The van der Waals surface area contributed by atoms with Gasteiger partial charge < -0.3 is 21.6 Å². The van der Waals surface area contributed by atoms with Crippen LogP contribution in [-0.4, -0.2) is 36.6 Å². The summed E-state index contributed by atoms with van der Waals surface area (Å²) in [5.74, 6) is -0.584. The maximum Gasteiger partial charge on any atom is 0.237 e. The molecule has 5 N–H and O–H groups in total. The third-order valence-electron chi connectivity index (χ3n) is 2.06. The standard InChI is InChI=1S/C10H19N3O3/c1-7(15)5-8(6-14)13-10(16)9(12)3-2-4-11/h6,8-9H,2-5,11-12H2,1H3,(H,13,16)/t8-,9-/m0/s1. The molecule has 0 rings (SSSR count). The zero-order valence-corrected chi connectivity index (χ0v) is 9.44. The van der Waals surface area contributed by atoms with Gasteiger partial charge in [0, 0.05) is 6.42 Å². The molecule has 0 unspecified atom stereocenters. The maximum absolute atomic E-state index is 11.5. The molecule has 2 atom stereocenters. The molecular weight excluding hydrogens is 210 g/mol. The van der Waals surface area contributed by atoms with E-state index in [0.717, 1.165) is 0 Å². The van der Waals surface area contributed by atoms with Crippen LogP contribution in [-0.2, 0) is 14.4 Å². The van der Waals surface area contributed by atoms with Gasteiger partial charge in [0.2, 0.25) is 5.91 Å². The second kappa shape index (κ2) is 7.95. The summed E-state index contributed by atoms with van der Waals surface area (Å²) in [4.78, 5) is 32.8. The molecule has 92 valence electrons. The largest absolute Gasteiger partial charge is 0.345 e. The zero-order chi connectivity index (χ0) is 12.6. The zero-order valence-electron chi connectivity index (χ0n) is 9.44. The Morgan fingerprint density at radius 3 is 2.50 bits per heavy atom. The van der Waals surface area contributed by atoms with Crippen molar-refractivity contribution in [1.29, 1.82) is 0 Å². The molecule has 1 amide bonds. The van der Waals surface area contributed by atoms with Crippen LogP contribution in [0.5, 0.6) is 0 Å². The predicted octanol–water partition coefficient (Wildman–Crippen LogP) is -1.28. The molecule has 0 fully saturated rings. The van der Waals surface area contributed by atoms with Gasteiger partial charge in [0.25, 0.3) is 0 Å². The number of carbonyl (C=O) groups excluding carboxylic acids is 3. The van der Waals surface area contributed by atoms with Crippen LogP contribution in [0.4, 0.5) is 0 Å². The molecule has 0 aromatic heterocycles. The second-order valence-electron chi connectivity index (χ2n) is 3.69. The van der Waals surface area contributed by atoms with Crippen molar-refractivity contribution < 1.29 is 14.4 Å². The van der Waals surface area contributed by atoms with Crippen molar-refractivity contribution in [3.63, 3.8) is 0 Å². The number of hydrogen-bond acceptors (Lipinski definition) is 5. The summed E-state index contributed by atoms with van der Waals surface area (Å²) in [6, 6.07) is -1.47. The van der Waals surface area contributed by atoms with Crippen LogP contribution >= 0.6 is 0 Å². The van der Waals surface area contributed by atoms with E-state index in [1.807, 2.05) is 0 Å². The summed E-state index contributed by atoms with van der Waals surface area (Å²) in [7, 11) is 0. The lowest BCUT2D eigenvalue weighted by molar-refractivity contribution is -0.126. The molecule has 0 saturated heterocycles. The summed E-state index contributed by atoms with van der Waals surface area (Å²) in [5, 5.41) is 2.41.